The first-order valence-corrected chi connectivity index (χ1v) is 8.42. The summed E-state index contributed by atoms with van der Waals surface area (Å²) >= 11 is 0. The molecule has 0 atom stereocenters. The molecule has 116 valence electrons. The molecular weight excluding hydrogens is 295 g/mol. The molecule has 2 rings (SSSR count). The maximum Gasteiger partial charge on any atom is 0.240 e. The lowest BCUT2D eigenvalue weighted by molar-refractivity contribution is -0.127. The number of nitrogens with one attached hydrogen (secondary N) is 1. The number of hydrogen-bond donors (Lipinski definition) is 1. The van der Waals surface area contributed by atoms with Gasteiger partial charge in [0.1, 0.15) is 5.82 Å². The van der Waals surface area contributed by atoms with E-state index in [9.17, 15) is 17.6 Å². The predicted octanol–water partition coefficient (Wildman–Crippen LogP) is 1.42. The molecule has 0 radical (unpaired) electrons. The van der Waals surface area contributed by atoms with Crippen LogP contribution in [0.1, 0.15) is 24.8 Å². The van der Waals surface area contributed by atoms with Crippen LogP contribution in [-0.4, -0.2) is 38.9 Å². The number of nitrogens with zero attached hydrogens (tertiary/aromatic N) is 1. The van der Waals surface area contributed by atoms with E-state index in [0.717, 1.165) is 19.0 Å². The summed E-state index contributed by atoms with van der Waals surface area (Å²) in [5.41, 5.74) is 0.404. The predicted molar refractivity (Wildman–Crippen MR) is 76.8 cm³/mol. The fourth-order valence-electron chi connectivity index (χ4n) is 2.24. The molecule has 5 nitrogen and oxygen atoms in total. The van der Waals surface area contributed by atoms with Gasteiger partial charge >= 0.3 is 0 Å². The Hall–Kier alpha value is -1.47. The monoisotopic (exact) mass is 314 g/mol. The van der Waals surface area contributed by atoms with Crippen LogP contribution in [0.15, 0.2) is 23.1 Å². The van der Waals surface area contributed by atoms with Gasteiger partial charge in [0.25, 0.3) is 0 Å². The highest BCUT2D eigenvalue weighted by molar-refractivity contribution is 7.89. The van der Waals surface area contributed by atoms with Gasteiger partial charge < -0.3 is 4.90 Å². The van der Waals surface area contributed by atoms with Crippen molar-refractivity contribution in [2.75, 3.05) is 19.6 Å². The third-order valence-electron chi connectivity index (χ3n) is 3.52. The average molecular weight is 314 g/mol. The topological polar surface area (TPSA) is 66.5 Å². The number of aryl methyl sites for hydroxylation is 1. The maximum absolute atomic E-state index is 13.4. The summed E-state index contributed by atoms with van der Waals surface area (Å²) < 4.78 is 39.8. The summed E-state index contributed by atoms with van der Waals surface area (Å²) in [4.78, 5) is 13.1. The summed E-state index contributed by atoms with van der Waals surface area (Å²) in [5, 5.41) is 0. The standard InChI is InChI=1S/C14H19FN2O3S/c1-11-5-6-12(10-13(11)15)21(19,20)16-7-3-9-17-8-2-4-14(17)18/h5-6,10,16H,2-4,7-9H2,1H3. The second-order valence-electron chi connectivity index (χ2n) is 5.15. The van der Waals surface area contributed by atoms with Gasteiger partial charge in [-0.15, -0.1) is 0 Å². The van der Waals surface area contributed by atoms with Crippen molar-refractivity contribution in [3.8, 4) is 0 Å². The Morgan fingerprint density at radius 3 is 2.76 bits per heavy atom. The first-order valence-electron chi connectivity index (χ1n) is 6.94. The summed E-state index contributed by atoms with van der Waals surface area (Å²) in [7, 11) is -3.70. The molecule has 1 fully saturated rings. The third-order valence-corrected chi connectivity index (χ3v) is 4.98. The van der Waals surface area contributed by atoms with E-state index in [4.69, 9.17) is 0 Å². The number of rotatable bonds is 6. The van der Waals surface area contributed by atoms with Crippen molar-refractivity contribution in [2.45, 2.75) is 31.1 Å². The largest absolute Gasteiger partial charge is 0.343 e. The smallest absolute Gasteiger partial charge is 0.240 e. The highest BCUT2D eigenvalue weighted by Crippen LogP contribution is 2.14. The van der Waals surface area contributed by atoms with E-state index in [1.807, 2.05) is 0 Å². The zero-order valence-electron chi connectivity index (χ0n) is 11.9. The molecule has 0 aliphatic carbocycles. The number of carbonyl (C=O) groups excluding carboxylic acids is 1. The number of hydrogen-bond acceptors (Lipinski definition) is 3. The van der Waals surface area contributed by atoms with Gasteiger partial charge in [-0.3, -0.25) is 4.79 Å². The van der Waals surface area contributed by atoms with E-state index in [1.165, 1.54) is 12.1 Å². The Kier molecular flexibility index (Phi) is 4.95. The van der Waals surface area contributed by atoms with Gasteiger partial charge in [-0.1, -0.05) is 6.07 Å². The van der Waals surface area contributed by atoms with Crippen molar-refractivity contribution in [3.05, 3.63) is 29.6 Å². The molecule has 1 N–H and O–H groups in total. The van der Waals surface area contributed by atoms with E-state index in [2.05, 4.69) is 4.72 Å². The first kappa shape index (κ1) is 15.9. The van der Waals surface area contributed by atoms with E-state index in [-0.39, 0.29) is 17.3 Å². The second kappa shape index (κ2) is 6.53. The van der Waals surface area contributed by atoms with Crippen LogP contribution in [0.2, 0.25) is 0 Å². The van der Waals surface area contributed by atoms with Gasteiger partial charge in [0.15, 0.2) is 0 Å². The van der Waals surface area contributed by atoms with E-state index < -0.39 is 15.8 Å². The molecule has 1 amide bonds. The van der Waals surface area contributed by atoms with E-state index >= 15 is 0 Å². The minimum Gasteiger partial charge on any atom is -0.343 e. The van der Waals surface area contributed by atoms with Gasteiger partial charge in [0.05, 0.1) is 4.90 Å². The Morgan fingerprint density at radius 1 is 1.38 bits per heavy atom. The van der Waals surface area contributed by atoms with Gasteiger partial charge in [-0.25, -0.2) is 17.5 Å². The molecule has 21 heavy (non-hydrogen) atoms. The van der Waals surface area contributed by atoms with Crippen molar-refractivity contribution in [1.82, 2.24) is 9.62 Å². The van der Waals surface area contributed by atoms with Crippen LogP contribution in [0.4, 0.5) is 4.39 Å². The molecule has 1 aromatic rings. The molecular formula is C14H19FN2O3S. The molecule has 1 saturated heterocycles. The molecule has 1 aromatic carbocycles. The molecule has 1 heterocycles. The summed E-state index contributed by atoms with van der Waals surface area (Å²) in [5.74, 6) is -0.418. The Labute approximate surface area is 124 Å². The van der Waals surface area contributed by atoms with E-state index in [0.29, 0.717) is 24.9 Å². The average Bonchev–Trinajstić information content (AvgIpc) is 2.83. The molecule has 0 bridgehead atoms. The minimum absolute atomic E-state index is 0.0807. The van der Waals surface area contributed by atoms with Crippen LogP contribution >= 0.6 is 0 Å². The number of halogens is 1. The van der Waals surface area contributed by atoms with Crippen LogP contribution < -0.4 is 4.72 Å². The molecule has 7 heteroatoms. The number of sulfonamides is 1. The highest BCUT2D eigenvalue weighted by Gasteiger charge is 2.20. The lowest BCUT2D eigenvalue weighted by Crippen LogP contribution is -2.30. The van der Waals surface area contributed by atoms with Crippen molar-refractivity contribution < 1.29 is 17.6 Å². The van der Waals surface area contributed by atoms with Gasteiger partial charge in [0.2, 0.25) is 15.9 Å². The Morgan fingerprint density at radius 2 is 2.14 bits per heavy atom. The lowest BCUT2D eigenvalue weighted by Gasteiger charge is -2.15. The van der Waals surface area contributed by atoms with Crippen LogP contribution in [-0.2, 0) is 14.8 Å². The molecule has 1 aliphatic heterocycles. The molecule has 1 aliphatic rings. The van der Waals surface area contributed by atoms with Crippen LogP contribution in [0, 0.1) is 12.7 Å². The molecule has 0 spiro atoms. The SMILES string of the molecule is Cc1ccc(S(=O)(=O)NCCCN2CCCC2=O)cc1F. The van der Waals surface area contributed by atoms with Crippen LogP contribution in [0.25, 0.3) is 0 Å². The zero-order valence-corrected chi connectivity index (χ0v) is 12.7. The fourth-order valence-corrected chi connectivity index (χ4v) is 3.33. The lowest BCUT2D eigenvalue weighted by atomic mass is 10.2. The number of benzene rings is 1. The van der Waals surface area contributed by atoms with Gasteiger partial charge in [-0.2, -0.15) is 0 Å². The number of amides is 1. The van der Waals surface area contributed by atoms with Crippen molar-refractivity contribution in [2.24, 2.45) is 0 Å². The second-order valence-corrected chi connectivity index (χ2v) is 6.91. The number of likely N-dealkylation sites (tertiary alicyclic amines) is 1. The summed E-state index contributed by atoms with van der Waals surface area (Å²) in [6, 6.07) is 3.83. The number of carbonyl (C=O) groups is 1. The first-order chi connectivity index (χ1) is 9.90. The molecule has 0 aromatic heterocycles. The van der Waals surface area contributed by atoms with Crippen molar-refractivity contribution in [1.29, 1.82) is 0 Å². The molecule has 0 unspecified atom stereocenters. The van der Waals surface area contributed by atoms with Crippen LogP contribution in [0.3, 0.4) is 0 Å². The quantitative estimate of drug-likeness (QED) is 0.808. The summed E-state index contributed by atoms with van der Waals surface area (Å²) in [6.45, 7) is 3.09. The summed E-state index contributed by atoms with van der Waals surface area (Å²) in [6.07, 6.45) is 1.99. The Bertz CT molecular complexity index is 631. The minimum atomic E-state index is -3.70. The fraction of sp³-hybridized carbons (Fsp3) is 0.500. The van der Waals surface area contributed by atoms with Crippen LogP contribution in [0.5, 0.6) is 0 Å². The third kappa shape index (κ3) is 4.01. The maximum atomic E-state index is 13.4. The Balaban J connectivity index is 1.86. The van der Waals surface area contributed by atoms with Gasteiger partial charge in [0, 0.05) is 26.1 Å². The molecule has 0 saturated carbocycles. The van der Waals surface area contributed by atoms with Crippen molar-refractivity contribution in [3.63, 3.8) is 0 Å². The van der Waals surface area contributed by atoms with Crippen molar-refractivity contribution >= 4 is 15.9 Å². The normalized spacial score (nSPS) is 15.7. The zero-order chi connectivity index (χ0) is 15.5. The highest BCUT2D eigenvalue weighted by atomic mass is 32.2. The van der Waals surface area contributed by atoms with Gasteiger partial charge in [-0.05, 0) is 37.5 Å². The van der Waals surface area contributed by atoms with E-state index in [1.54, 1.807) is 11.8 Å².